The molecular weight excluding hydrogens is 364 g/mol. The van der Waals surface area contributed by atoms with Gasteiger partial charge in [0.25, 0.3) is 0 Å². The summed E-state index contributed by atoms with van der Waals surface area (Å²) in [6, 6.07) is 10.4. The number of hydrogen-bond acceptors (Lipinski definition) is 6. The lowest BCUT2D eigenvalue weighted by atomic mass is 10.2. The average molecular weight is 385 g/mol. The molecule has 0 radical (unpaired) electrons. The third-order valence-electron chi connectivity index (χ3n) is 3.95. The van der Waals surface area contributed by atoms with E-state index in [1.807, 2.05) is 24.3 Å². The molecule has 8 heteroatoms. The van der Waals surface area contributed by atoms with E-state index >= 15 is 0 Å². The van der Waals surface area contributed by atoms with E-state index in [2.05, 4.69) is 27.5 Å². The van der Waals surface area contributed by atoms with E-state index in [-0.39, 0.29) is 17.2 Å². The molecule has 0 fully saturated rings. The molecule has 1 aromatic heterocycles. The molecule has 0 atom stereocenters. The summed E-state index contributed by atoms with van der Waals surface area (Å²) in [6.07, 6.45) is 3.35. The molecule has 146 valence electrons. The van der Waals surface area contributed by atoms with Crippen molar-refractivity contribution in [3.63, 3.8) is 0 Å². The average Bonchev–Trinajstić information content (AvgIpc) is 2.69. The van der Waals surface area contributed by atoms with Gasteiger partial charge in [0.1, 0.15) is 29.4 Å². The summed E-state index contributed by atoms with van der Waals surface area (Å²) < 4.78 is 32.8. The van der Waals surface area contributed by atoms with Crippen molar-refractivity contribution in [3.8, 4) is 5.75 Å². The third kappa shape index (κ3) is 4.85. The van der Waals surface area contributed by atoms with E-state index in [9.17, 15) is 8.78 Å². The lowest BCUT2D eigenvalue weighted by Gasteiger charge is -2.13. The van der Waals surface area contributed by atoms with Gasteiger partial charge in [0.2, 0.25) is 0 Å². The Morgan fingerprint density at radius 2 is 1.71 bits per heavy atom. The minimum Gasteiger partial charge on any atom is -0.494 e. The van der Waals surface area contributed by atoms with Crippen molar-refractivity contribution >= 4 is 28.7 Å². The van der Waals surface area contributed by atoms with Crippen molar-refractivity contribution in [3.05, 3.63) is 60.4 Å². The molecule has 0 bridgehead atoms. The molecule has 6 nitrogen and oxygen atoms in total. The standard InChI is InChI=1S/C20H21F2N5O/c1-2-3-10-28-15-7-5-14(6-8-15)26-19-18(23)20(25-12-24-19)27-17-11-13(21)4-9-16(17)22/h4-9,11-12H,2-3,10,23H2,1H3,(H2,24,25,26,27). The van der Waals surface area contributed by atoms with Gasteiger partial charge in [0, 0.05) is 11.8 Å². The zero-order chi connectivity index (χ0) is 19.9. The van der Waals surface area contributed by atoms with Crippen molar-refractivity contribution < 1.29 is 13.5 Å². The van der Waals surface area contributed by atoms with Gasteiger partial charge in [-0.1, -0.05) is 13.3 Å². The molecule has 2 aromatic carbocycles. The highest BCUT2D eigenvalue weighted by Crippen LogP contribution is 2.29. The van der Waals surface area contributed by atoms with Gasteiger partial charge in [0.05, 0.1) is 12.3 Å². The van der Waals surface area contributed by atoms with Crippen LogP contribution in [-0.2, 0) is 0 Å². The Morgan fingerprint density at radius 3 is 2.43 bits per heavy atom. The minimum atomic E-state index is -0.618. The number of anilines is 5. The van der Waals surface area contributed by atoms with Gasteiger partial charge >= 0.3 is 0 Å². The zero-order valence-corrected chi connectivity index (χ0v) is 15.4. The van der Waals surface area contributed by atoms with Crippen molar-refractivity contribution in [2.75, 3.05) is 23.0 Å². The van der Waals surface area contributed by atoms with Gasteiger partial charge in [-0.25, -0.2) is 18.7 Å². The third-order valence-corrected chi connectivity index (χ3v) is 3.95. The fourth-order valence-electron chi connectivity index (χ4n) is 2.42. The van der Waals surface area contributed by atoms with Crippen LogP contribution >= 0.6 is 0 Å². The first kappa shape index (κ1) is 19.3. The topological polar surface area (TPSA) is 85.1 Å². The first-order valence-electron chi connectivity index (χ1n) is 8.89. The molecule has 0 spiro atoms. The molecule has 0 aliphatic carbocycles. The van der Waals surface area contributed by atoms with Crippen LogP contribution in [-0.4, -0.2) is 16.6 Å². The molecular formula is C20H21F2N5O. The van der Waals surface area contributed by atoms with Crippen LogP contribution in [0.4, 0.5) is 37.5 Å². The maximum Gasteiger partial charge on any atom is 0.159 e. The van der Waals surface area contributed by atoms with Crippen LogP contribution in [0, 0.1) is 11.6 Å². The second kappa shape index (κ2) is 8.98. The Hall–Kier alpha value is -3.42. The number of unbranched alkanes of at least 4 members (excludes halogenated alkanes) is 1. The molecule has 4 N–H and O–H groups in total. The van der Waals surface area contributed by atoms with Crippen molar-refractivity contribution in [2.24, 2.45) is 0 Å². The zero-order valence-electron chi connectivity index (χ0n) is 15.4. The highest BCUT2D eigenvalue weighted by Gasteiger charge is 2.11. The van der Waals surface area contributed by atoms with Crippen molar-refractivity contribution in [1.82, 2.24) is 9.97 Å². The quantitative estimate of drug-likeness (QED) is 0.473. The molecule has 3 aromatic rings. The summed E-state index contributed by atoms with van der Waals surface area (Å²) in [4.78, 5) is 8.12. The Bertz CT molecular complexity index is 934. The largest absolute Gasteiger partial charge is 0.494 e. The number of ether oxygens (including phenoxy) is 1. The van der Waals surface area contributed by atoms with Crippen molar-refractivity contribution in [1.29, 1.82) is 0 Å². The van der Waals surface area contributed by atoms with E-state index < -0.39 is 11.6 Å². The predicted octanol–water partition coefficient (Wildman–Crippen LogP) is 5.00. The summed E-state index contributed by atoms with van der Waals surface area (Å²) in [6.45, 7) is 2.78. The van der Waals surface area contributed by atoms with Crippen LogP contribution in [0.1, 0.15) is 19.8 Å². The van der Waals surface area contributed by atoms with Crippen LogP contribution in [0.3, 0.4) is 0 Å². The Morgan fingerprint density at radius 1 is 1.00 bits per heavy atom. The fourth-order valence-corrected chi connectivity index (χ4v) is 2.42. The number of benzene rings is 2. The van der Waals surface area contributed by atoms with Crippen LogP contribution in [0.15, 0.2) is 48.8 Å². The highest BCUT2D eigenvalue weighted by atomic mass is 19.1. The van der Waals surface area contributed by atoms with Gasteiger partial charge in [-0.05, 0) is 42.8 Å². The molecule has 1 heterocycles. The Labute approximate surface area is 161 Å². The first-order valence-corrected chi connectivity index (χ1v) is 8.89. The number of rotatable bonds is 8. The van der Waals surface area contributed by atoms with Gasteiger partial charge in [0.15, 0.2) is 11.6 Å². The molecule has 0 saturated carbocycles. The van der Waals surface area contributed by atoms with Gasteiger partial charge < -0.3 is 21.1 Å². The molecule has 28 heavy (non-hydrogen) atoms. The summed E-state index contributed by atoms with van der Waals surface area (Å²) in [5.41, 5.74) is 6.94. The number of hydrogen-bond donors (Lipinski definition) is 3. The van der Waals surface area contributed by atoms with Gasteiger partial charge in [-0.3, -0.25) is 0 Å². The number of aromatic nitrogens is 2. The maximum absolute atomic E-state index is 13.8. The summed E-state index contributed by atoms with van der Waals surface area (Å²) in [7, 11) is 0. The van der Waals surface area contributed by atoms with Crippen LogP contribution in [0.25, 0.3) is 0 Å². The van der Waals surface area contributed by atoms with Gasteiger partial charge in [-0.2, -0.15) is 0 Å². The normalized spacial score (nSPS) is 10.5. The molecule has 0 saturated heterocycles. The predicted molar refractivity (Wildman–Crippen MR) is 106 cm³/mol. The summed E-state index contributed by atoms with van der Waals surface area (Å²) in [5.74, 6) is 0.0952. The van der Waals surface area contributed by atoms with Crippen molar-refractivity contribution in [2.45, 2.75) is 19.8 Å². The lowest BCUT2D eigenvalue weighted by Crippen LogP contribution is -2.06. The van der Waals surface area contributed by atoms with E-state index in [1.165, 1.54) is 6.33 Å². The molecule has 0 aliphatic heterocycles. The number of nitrogens with one attached hydrogen (secondary N) is 2. The highest BCUT2D eigenvalue weighted by molar-refractivity contribution is 5.80. The van der Waals surface area contributed by atoms with E-state index in [4.69, 9.17) is 10.5 Å². The Kier molecular flexibility index (Phi) is 6.21. The molecule has 3 rings (SSSR count). The summed E-state index contributed by atoms with van der Waals surface area (Å²) in [5, 5.41) is 5.77. The number of halogens is 2. The first-order chi connectivity index (χ1) is 13.6. The SMILES string of the molecule is CCCCOc1ccc(Nc2ncnc(Nc3cc(F)ccc3F)c2N)cc1. The lowest BCUT2D eigenvalue weighted by molar-refractivity contribution is 0.309. The van der Waals surface area contributed by atoms with Crippen LogP contribution < -0.4 is 21.1 Å². The smallest absolute Gasteiger partial charge is 0.159 e. The van der Waals surface area contributed by atoms with Crippen LogP contribution in [0.5, 0.6) is 5.75 Å². The second-order valence-corrected chi connectivity index (χ2v) is 6.09. The molecule has 0 amide bonds. The minimum absolute atomic E-state index is 0.0649. The monoisotopic (exact) mass is 385 g/mol. The Balaban J connectivity index is 1.73. The van der Waals surface area contributed by atoms with E-state index in [0.29, 0.717) is 12.4 Å². The number of nitrogens with two attached hydrogens (primary N) is 1. The van der Waals surface area contributed by atoms with E-state index in [0.717, 1.165) is 42.5 Å². The fraction of sp³-hybridized carbons (Fsp3) is 0.200. The maximum atomic E-state index is 13.8. The van der Waals surface area contributed by atoms with Crippen LogP contribution in [0.2, 0.25) is 0 Å². The number of nitrogens with zero attached hydrogens (tertiary/aromatic N) is 2. The van der Waals surface area contributed by atoms with E-state index in [1.54, 1.807) is 0 Å². The second-order valence-electron chi connectivity index (χ2n) is 6.09. The number of nitrogen functional groups attached to an aromatic ring is 1. The molecule has 0 aliphatic rings. The summed E-state index contributed by atoms with van der Waals surface area (Å²) >= 11 is 0. The molecule has 0 unspecified atom stereocenters. The van der Waals surface area contributed by atoms with Gasteiger partial charge in [-0.15, -0.1) is 0 Å².